The van der Waals surface area contributed by atoms with Gasteiger partial charge in [0.05, 0.1) is 0 Å². The van der Waals surface area contributed by atoms with Crippen molar-refractivity contribution in [2.45, 2.75) is 25.8 Å². The summed E-state index contributed by atoms with van der Waals surface area (Å²) >= 11 is 0. The zero-order chi connectivity index (χ0) is 12.1. The van der Waals surface area contributed by atoms with Gasteiger partial charge in [0, 0.05) is 24.9 Å². The average Bonchev–Trinajstić information content (AvgIpc) is 2.32. The molecule has 0 radical (unpaired) electrons. The molecule has 2 N–H and O–H groups in total. The third-order valence-electron chi connectivity index (χ3n) is 2.52. The molecule has 1 atom stereocenters. The van der Waals surface area contributed by atoms with Gasteiger partial charge >= 0.3 is 0 Å². The van der Waals surface area contributed by atoms with E-state index in [9.17, 15) is 0 Å². The Morgan fingerprint density at radius 1 is 1.06 bits per heavy atom. The molecule has 0 saturated carbocycles. The highest BCUT2D eigenvalue weighted by Crippen LogP contribution is 2.06. The summed E-state index contributed by atoms with van der Waals surface area (Å²) in [6.45, 7) is 1.98. The summed E-state index contributed by atoms with van der Waals surface area (Å²) < 4.78 is 0. The van der Waals surface area contributed by atoms with E-state index in [1.165, 1.54) is 5.56 Å². The van der Waals surface area contributed by atoms with E-state index in [-0.39, 0.29) is 6.04 Å². The number of rotatable bonds is 4. The summed E-state index contributed by atoms with van der Waals surface area (Å²) in [7, 11) is 0. The lowest BCUT2D eigenvalue weighted by Crippen LogP contribution is -2.18. The van der Waals surface area contributed by atoms with Crippen molar-refractivity contribution in [2.24, 2.45) is 5.73 Å². The Kier molecular flexibility index (Phi) is 3.83. The molecular formula is C14H17N3. The van der Waals surface area contributed by atoms with Gasteiger partial charge in [-0.3, -0.25) is 0 Å². The Morgan fingerprint density at radius 2 is 1.71 bits per heavy atom. The summed E-state index contributed by atoms with van der Waals surface area (Å²) in [5.41, 5.74) is 8.05. The zero-order valence-electron chi connectivity index (χ0n) is 10.0. The molecule has 0 bridgehead atoms. The molecule has 0 aliphatic carbocycles. The van der Waals surface area contributed by atoms with Crippen LogP contribution in [0, 0.1) is 0 Å². The van der Waals surface area contributed by atoms with Crippen LogP contribution in [-0.2, 0) is 12.8 Å². The van der Waals surface area contributed by atoms with Gasteiger partial charge in [-0.05, 0) is 24.5 Å². The maximum atomic E-state index is 5.73. The third-order valence-corrected chi connectivity index (χ3v) is 2.52. The fraction of sp³-hybridized carbons (Fsp3) is 0.286. The first-order valence-electron chi connectivity index (χ1n) is 5.83. The standard InChI is InChI=1S/C14H17N3/c1-11(15)7-13-9-16-14(17-10-13)8-12-5-3-2-4-6-12/h2-6,9-11H,7-8,15H2,1H3. The molecule has 2 rings (SSSR count). The van der Waals surface area contributed by atoms with Crippen molar-refractivity contribution in [3.63, 3.8) is 0 Å². The molecule has 1 heterocycles. The predicted molar refractivity (Wildman–Crippen MR) is 68.6 cm³/mol. The zero-order valence-corrected chi connectivity index (χ0v) is 10.0. The largest absolute Gasteiger partial charge is 0.328 e. The number of aromatic nitrogens is 2. The predicted octanol–water partition coefficient (Wildman–Crippen LogP) is 1.96. The van der Waals surface area contributed by atoms with Crippen molar-refractivity contribution >= 4 is 0 Å². The lowest BCUT2D eigenvalue weighted by Gasteiger charge is -2.05. The fourth-order valence-electron chi connectivity index (χ4n) is 1.73. The van der Waals surface area contributed by atoms with E-state index < -0.39 is 0 Å². The van der Waals surface area contributed by atoms with Crippen LogP contribution in [0.1, 0.15) is 23.9 Å². The highest BCUT2D eigenvalue weighted by Gasteiger charge is 2.01. The molecule has 0 aliphatic heterocycles. The topological polar surface area (TPSA) is 51.8 Å². The number of hydrogen-bond donors (Lipinski definition) is 1. The van der Waals surface area contributed by atoms with E-state index in [4.69, 9.17) is 5.73 Å². The molecule has 1 aromatic carbocycles. The molecule has 3 nitrogen and oxygen atoms in total. The van der Waals surface area contributed by atoms with Gasteiger partial charge in [-0.25, -0.2) is 9.97 Å². The van der Waals surface area contributed by atoms with Gasteiger partial charge in [0.15, 0.2) is 0 Å². The lowest BCUT2D eigenvalue weighted by atomic mass is 10.1. The first kappa shape index (κ1) is 11.7. The SMILES string of the molecule is CC(N)Cc1cnc(Cc2ccccc2)nc1. The minimum absolute atomic E-state index is 0.151. The van der Waals surface area contributed by atoms with E-state index in [2.05, 4.69) is 22.1 Å². The molecule has 17 heavy (non-hydrogen) atoms. The van der Waals surface area contributed by atoms with Crippen molar-refractivity contribution in [3.8, 4) is 0 Å². The van der Waals surface area contributed by atoms with Crippen molar-refractivity contribution in [3.05, 3.63) is 59.7 Å². The summed E-state index contributed by atoms with van der Waals surface area (Å²) in [5.74, 6) is 0.852. The monoisotopic (exact) mass is 227 g/mol. The summed E-state index contributed by atoms with van der Waals surface area (Å²) in [5, 5.41) is 0. The molecule has 1 unspecified atom stereocenters. The second-order valence-electron chi connectivity index (χ2n) is 4.35. The maximum absolute atomic E-state index is 5.73. The first-order chi connectivity index (χ1) is 8.24. The van der Waals surface area contributed by atoms with E-state index in [1.54, 1.807) is 0 Å². The van der Waals surface area contributed by atoms with Gasteiger partial charge in [-0.2, -0.15) is 0 Å². The van der Waals surface area contributed by atoms with Gasteiger partial charge in [0.1, 0.15) is 5.82 Å². The average molecular weight is 227 g/mol. The quantitative estimate of drug-likeness (QED) is 0.868. The van der Waals surface area contributed by atoms with Crippen LogP contribution < -0.4 is 5.73 Å². The Hall–Kier alpha value is -1.74. The molecule has 3 heteroatoms. The minimum atomic E-state index is 0.151. The van der Waals surface area contributed by atoms with Crippen molar-refractivity contribution in [1.29, 1.82) is 0 Å². The first-order valence-corrected chi connectivity index (χ1v) is 5.83. The normalized spacial score (nSPS) is 12.4. The van der Waals surface area contributed by atoms with Crippen LogP contribution in [0.5, 0.6) is 0 Å². The molecule has 0 fully saturated rings. The van der Waals surface area contributed by atoms with Crippen LogP contribution >= 0.6 is 0 Å². The molecule has 0 saturated heterocycles. The third kappa shape index (κ3) is 3.64. The van der Waals surface area contributed by atoms with E-state index in [1.807, 2.05) is 37.5 Å². The molecular weight excluding hydrogens is 210 g/mol. The summed E-state index contributed by atoms with van der Waals surface area (Å²) in [4.78, 5) is 8.72. The van der Waals surface area contributed by atoms with Crippen LogP contribution in [0.15, 0.2) is 42.7 Å². The number of nitrogens with two attached hydrogens (primary N) is 1. The number of hydrogen-bond acceptors (Lipinski definition) is 3. The van der Waals surface area contributed by atoms with Crippen molar-refractivity contribution in [2.75, 3.05) is 0 Å². The van der Waals surface area contributed by atoms with E-state index >= 15 is 0 Å². The van der Waals surface area contributed by atoms with E-state index in [0.717, 1.165) is 24.2 Å². The fourth-order valence-corrected chi connectivity index (χ4v) is 1.73. The summed E-state index contributed by atoms with van der Waals surface area (Å²) in [6.07, 6.45) is 5.34. The lowest BCUT2D eigenvalue weighted by molar-refractivity contribution is 0.729. The molecule has 0 amide bonds. The van der Waals surface area contributed by atoms with Gasteiger partial charge in [0.2, 0.25) is 0 Å². The van der Waals surface area contributed by atoms with Gasteiger partial charge < -0.3 is 5.73 Å². The van der Waals surface area contributed by atoms with Crippen LogP contribution in [0.2, 0.25) is 0 Å². The smallest absolute Gasteiger partial charge is 0.132 e. The van der Waals surface area contributed by atoms with E-state index in [0.29, 0.717) is 0 Å². The Balaban J connectivity index is 2.03. The number of benzene rings is 1. The van der Waals surface area contributed by atoms with Crippen molar-refractivity contribution < 1.29 is 0 Å². The second kappa shape index (κ2) is 5.55. The Bertz CT molecular complexity index is 449. The highest BCUT2D eigenvalue weighted by atomic mass is 14.9. The number of nitrogens with zero attached hydrogens (tertiary/aromatic N) is 2. The maximum Gasteiger partial charge on any atom is 0.132 e. The Labute approximate surface area is 102 Å². The van der Waals surface area contributed by atoms with Crippen LogP contribution in [0.25, 0.3) is 0 Å². The van der Waals surface area contributed by atoms with Gasteiger partial charge in [0.25, 0.3) is 0 Å². The summed E-state index contributed by atoms with van der Waals surface area (Å²) in [6, 6.07) is 10.4. The Morgan fingerprint density at radius 3 is 2.29 bits per heavy atom. The molecule has 88 valence electrons. The van der Waals surface area contributed by atoms with Gasteiger partial charge in [-0.15, -0.1) is 0 Å². The van der Waals surface area contributed by atoms with Gasteiger partial charge in [-0.1, -0.05) is 30.3 Å². The highest BCUT2D eigenvalue weighted by molar-refractivity contribution is 5.19. The van der Waals surface area contributed by atoms with Crippen LogP contribution in [0.3, 0.4) is 0 Å². The van der Waals surface area contributed by atoms with Crippen molar-refractivity contribution in [1.82, 2.24) is 9.97 Å². The van der Waals surface area contributed by atoms with Crippen LogP contribution in [0.4, 0.5) is 0 Å². The molecule has 0 spiro atoms. The molecule has 0 aliphatic rings. The molecule has 1 aromatic heterocycles. The molecule has 2 aromatic rings. The second-order valence-corrected chi connectivity index (χ2v) is 4.35. The minimum Gasteiger partial charge on any atom is -0.328 e. The van der Waals surface area contributed by atoms with Crippen LogP contribution in [-0.4, -0.2) is 16.0 Å².